The van der Waals surface area contributed by atoms with Crippen molar-refractivity contribution in [2.45, 2.75) is 58.2 Å². The van der Waals surface area contributed by atoms with Gasteiger partial charge in [-0.05, 0) is 39.3 Å². The molecule has 188 valence electrons. The number of halogens is 4. The molecule has 0 saturated heterocycles. The highest BCUT2D eigenvalue weighted by molar-refractivity contribution is 6.03. The lowest BCUT2D eigenvalue weighted by Gasteiger charge is -2.24. The molecule has 0 fully saturated rings. The summed E-state index contributed by atoms with van der Waals surface area (Å²) in [5, 5.41) is 7.73. The number of benzene rings is 1. The number of nitrogen functional groups attached to an aromatic ring is 1. The van der Waals surface area contributed by atoms with E-state index in [0.717, 1.165) is 26.0 Å². The number of amides is 1. The summed E-state index contributed by atoms with van der Waals surface area (Å²) < 4.78 is 60.7. The van der Waals surface area contributed by atoms with Crippen molar-refractivity contribution in [3.63, 3.8) is 0 Å². The normalized spacial score (nSPS) is 12.4. The maximum Gasteiger partial charge on any atom is 0.399 e. The van der Waals surface area contributed by atoms with E-state index in [-0.39, 0.29) is 58.5 Å². The molecule has 0 unspecified atom stereocenters. The Labute approximate surface area is 198 Å². The van der Waals surface area contributed by atoms with Gasteiger partial charge in [0.25, 0.3) is 5.91 Å². The van der Waals surface area contributed by atoms with Crippen LogP contribution in [0, 0.1) is 5.82 Å². The number of hydrogen-bond acceptors (Lipinski definition) is 6. The van der Waals surface area contributed by atoms with Gasteiger partial charge in [-0.3, -0.25) is 9.59 Å². The second-order valence-corrected chi connectivity index (χ2v) is 9.01. The van der Waals surface area contributed by atoms with Crippen LogP contribution in [0.5, 0.6) is 0 Å². The van der Waals surface area contributed by atoms with Crippen molar-refractivity contribution in [3.05, 3.63) is 52.7 Å². The molecule has 2 heterocycles. The molecule has 0 atom stereocenters. The van der Waals surface area contributed by atoms with Crippen molar-refractivity contribution < 1.29 is 31.7 Å². The number of aromatic nitrogens is 3. The van der Waals surface area contributed by atoms with Crippen LogP contribution in [-0.4, -0.2) is 32.8 Å². The van der Waals surface area contributed by atoms with Gasteiger partial charge in [0.15, 0.2) is 0 Å². The van der Waals surface area contributed by atoms with Gasteiger partial charge in [0.1, 0.15) is 39.9 Å². The van der Waals surface area contributed by atoms with Crippen molar-refractivity contribution >= 4 is 17.5 Å². The monoisotopic (exact) mass is 495 g/mol. The van der Waals surface area contributed by atoms with Crippen molar-refractivity contribution in [1.82, 2.24) is 14.9 Å². The Morgan fingerprint density at radius 3 is 2.34 bits per heavy atom. The number of carbonyl (C=O) groups is 2. The molecule has 0 saturated carbocycles. The number of ketones is 1. The summed E-state index contributed by atoms with van der Waals surface area (Å²) in [6.45, 7) is 5.51. The van der Waals surface area contributed by atoms with Gasteiger partial charge in [-0.15, -0.1) is 0 Å². The lowest BCUT2D eigenvalue weighted by molar-refractivity contribution is -0.181. The predicted molar refractivity (Wildman–Crippen MR) is 119 cm³/mol. The summed E-state index contributed by atoms with van der Waals surface area (Å²) in [5.41, 5.74) is 9.18. The number of Topliss-reactive ketones (excluding diaryl/α,β-unsaturated/α-hetero) is 1. The summed E-state index contributed by atoms with van der Waals surface area (Å²) in [7, 11) is 0. The SMILES string of the molecule is CC(C)n1nc(-c2ccc(CC(=O)Cc3cc(C(C)(C)C(F)(F)F)no3)c(F)c2)c(C(N)=O)c1N. The Bertz CT molecular complexity index is 1270. The molecular formula is C23H25F4N5O3. The average molecular weight is 495 g/mol. The zero-order valence-electron chi connectivity index (χ0n) is 19.5. The maximum atomic E-state index is 14.8. The molecular weight excluding hydrogens is 470 g/mol. The van der Waals surface area contributed by atoms with Gasteiger partial charge in [0, 0.05) is 24.1 Å². The van der Waals surface area contributed by atoms with E-state index < -0.39 is 29.1 Å². The van der Waals surface area contributed by atoms with E-state index in [1.54, 1.807) is 13.8 Å². The molecule has 0 aliphatic rings. The first kappa shape index (κ1) is 25.9. The number of hydrogen-bond donors (Lipinski definition) is 2. The Morgan fingerprint density at radius 1 is 1.14 bits per heavy atom. The molecule has 12 heteroatoms. The average Bonchev–Trinajstić information content (AvgIpc) is 3.33. The van der Waals surface area contributed by atoms with E-state index in [9.17, 15) is 27.2 Å². The Balaban J connectivity index is 1.80. The largest absolute Gasteiger partial charge is 0.399 e. The fraction of sp³-hybridized carbons (Fsp3) is 0.391. The smallest absolute Gasteiger partial charge is 0.383 e. The molecule has 0 aliphatic carbocycles. The van der Waals surface area contributed by atoms with Gasteiger partial charge in [-0.2, -0.15) is 18.3 Å². The van der Waals surface area contributed by atoms with Crippen molar-refractivity contribution in [2.24, 2.45) is 5.73 Å². The third-order valence-electron chi connectivity index (χ3n) is 5.68. The number of alkyl halides is 3. The lowest BCUT2D eigenvalue weighted by Crippen LogP contribution is -2.36. The molecule has 1 amide bonds. The summed E-state index contributed by atoms with van der Waals surface area (Å²) in [6.07, 6.45) is -5.25. The Morgan fingerprint density at radius 2 is 1.80 bits per heavy atom. The second-order valence-electron chi connectivity index (χ2n) is 9.01. The third kappa shape index (κ3) is 5.05. The minimum atomic E-state index is -4.56. The van der Waals surface area contributed by atoms with Gasteiger partial charge in [-0.25, -0.2) is 9.07 Å². The van der Waals surface area contributed by atoms with Gasteiger partial charge >= 0.3 is 6.18 Å². The second kappa shape index (κ2) is 9.16. The molecule has 8 nitrogen and oxygen atoms in total. The number of nitrogens with zero attached hydrogens (tertiary/aromatic N) is 3. The topological polar surface area (TPSA) is 130 Å². The van der Waals surface area contributed by atoms with E-state index in [1.165, 1.54) is 16.8 Å². The number of carbonyl (C=O) groups excluding carboxylic acids is 2. The zero-order valence-corrected chi connectivity index (χ0v) is 19.5. The molecule has 0 aliphatic heterocycles. The number of rotatable bonds is 8. The van der Waals surface area contributed by atoms with E-state index in [1.807, 2.05) is 0 Å². The van der Waals surface area contributed by atoms with E-state index in [2.05, 4.69) is 10.3 Å². The quantitative estimate of drug-likeness (QED) is 0.452. The van der Waals surface area contributed by atoms with Gasteiger partial charge in [0.2, 0.25) is 0 Å². The van der Waals surface area contributed by atoms with E-state index in [4.69, 9.17) is 16.0 Å². The van der Waals surface area contributed by atoms with E-state index in [0.29, 0.717) is 0 Å². The fourth-order valence-electron chi connectivity index (χ4n) is 3.43. The van der Waals surface area contributed by atoms with Crippen LogP contribution in [0.1, 0.15) is 61.1 Å². The highest BCUT2D eigenvalue weighted by atomic mass is 19.4. The molecule has 0 radical (unpaired) electrons. The molecule has 35 heavy (non-hydrogen) atoms. The van der Waals surface area contributed by atoms with Gasteiger partial charge in [-0.1, -0.05) is 17.3 Å². The van der Waals surface area contributed by atoms with Crippen LogP contribution in [0.3, 0.4) is 0 Å². The number of anilines is 1. The Hall–Kier alpha value is -3.70. The summed E-state index contributed by atoms with van der Waals surface area (Å²) in [6, 6.07) is 4.84. The van der Waals surface area contributed by atoms with Gasteiger partial charge in [0.05, 0.1) is 12.1 Å². The zero-order chi connectivity index (χ0) is 26.3. The first-order chi connectivity index (χ1) is 16.1. The molecule has 0 spiro atoms. The third-order valence-corrected chi connectivity index (χ3v) is 5.68. The number of nitrogens with two attached hydrogens (primary N) is 2. The summed E-state index contributed by atoms with van der Waals surface area (Å²) >= 11 is 0. The molecule has 1 aromatic carbocycles. The molecule has 4 N–H and O–H groups in total. The van der Waals surface area contributed by atoms with Gasteiger partial charge < -0.3 is 16.0 Å². The van der Waals surface area contributed by atoms with Crippen LogP contribution in [0.15, 0.2) is 28.8 Å². The first-order valence-corrected chi connectivity index (χ1v) is 10.6. The Kier molecular flexibility index (Phi) is 6.78. The van der Waals surface area contributed by atoms with Crippen LogP contribution in [0.2, 0.25) is 0 Å². The minimum Gasteiger partial charge on any atom is -0.383 e. The molecule has 3 rings (SSSR count). The highest BCUT2D eigenvalue weighted by Gasteiger charge is 2.50. The highest BCUT2D eigenvalue weighted by Crippen LogP contribution is 2.40. The number of primary amides is 1. The van der Waals surface area contributed by atoms with Crippen LogP contribution < -0.4 is 11.5 Å². The van der Waals surface area contributed by atoms with Crippen LogP contribution in [0.4, 0.5) is 23.4 Å². The predicted octanol–water partition coefficient (Wildman–Crippen LogP) is 4.13. The summed E-state index contributed by atoms with van der Waals surface area (Å²) in [5.74, 6) is -2.04. The standard InChI is InChI=1S/C23H25F4N5O3/c1-11(2)32-20(28)18(21(29)34)19(30-32)13-6-5-12(16(24)8-13)7-14(33)9-15-10-17(31-35-15)22(3,4)23(25,26)27/h5-6,8,10-11H,7,9,28H2,1-4H3,(H2,29,34). The van der Waals surface area contributed by atoms with Crippen molar-refractivity contribution in [2.75, 3.05) is 5.73 Å². The lowest BCUT2D eigenvalue weighted by atomic mass is 9.88. The minimum absolute atomic E-state index is 0.0372. The van der Waals surface area contributed by atoms with Crippen LogP contribution in [-0.2, 0) is 23.1 Å². The first-order valence-electron chi connectivity index (χ1n) is 10.6. The maximum absolute atomic E-state index is 14.8. The molecule has 2 aromatic heterocycles. The fourth-order valence-corrected chi connectivity index (χ4v) is 3.43. The van der Waals surface area contributed by atoms with Crippen molar-refractivity contribution in [3.8, 4) is 11.3 Å². The van der Waals surface area contributed by atoms with E-state index >= 15 is 0 Å². The molecule has 3 aromatic rings. The van der Waals surface area contributed by atoms with Crippen molar-refractivity contribution in [1.29, 1.82) is 0 Å². The van der Waals surface area contributed by atoms with Crippen LogP contribution >= 0.6 is 0 Å². The summed E-state index contributed by atoms with van der Waals surface area (Å²) in [4.78, 5) is 24.4. The van der Waals surface area contributed by atoms with Crippen LogP contribution in [0.25, 0.3) is 11.3 Å². The molecule has 0 bridgehead atoms.